The predicted molar refractivity (Wildman–Crippen MR) is 162 cm³/mol. The number of amides is 4. The van der Waals surface area contributed by atoms with E-state index < -0.39 is 23.9 Å². The average Bonchev–Trinajstić information content (AvgIpc) is 3.37. The number of aryl methyl sites for hydroxylation is 1. The molecule has 2 saturated heterocycles. The van der Waals surface area contributed by atoms with Gasteiger partial charge in [-0.1, -0.05) is 36.4 Å². The zero-order chi connectivity index (χ0) is 30.2. The molecule has 0 aromatic heterocycles. The van der Waals surface area contributed by atoms with E-state index in [1.165, 1.54) is 35.2 Å². The Balaban J connectivity index is 1.51. The highest BCUT2D eigenvalue weighted by Crippen LogP contribution is 2.36. The Bertz CT molecular complexity index is 1600. The van der Waals surface area contributed by atoms with Crippen LogP contribution in [0.15, 0.2) is 71.7 Å². The van der Waals surface area contributed by atoms with E-state index in [4.69, 9.17) is 10.7 Å². The number of carbonyl (C=O) groups is 3. The molecule has 3 fully saturated rings. The van der Waals surface area contributed by atoms with Crippen LogP contribution in [0.3, 0.4) is 0 Å². The molecule has 3 N–H and O–H groups in total. The van der Waals surface area contributed by atoms with Gasteiger partial charge in [-0.2, -0.15) is 0 Å². The molecule has 9 nitrogen and oxygen atoms in total. The van der Waals surface area contributed by atoms with Gasteiger partial charge in [0.05, 0.1) is 17.1 Å². The first-order valence-corrected chi connectivity index (χ1v) is 14.6. The minimum atomic E-state index is -1.59. The number of benzene rings is 3. The van der Waals surface area contributed by atoms with Gasteiger partial charge in [0.25, 0.3) is 5.91 Å². The van der Waals surface area contributed by atoms with Crippen molar-refractivity contribution >= 4 is 34.9 Å². The molecule has 0 radical (unpaired) electrons. The Morgan fingerprint density at radius 2 is 1.63 bits per heavy atom. The zero-order valence-corrected chi connectivity index (χ0v) is 23.9. The minimum absolute atomic E-state index is 0.125. The second-order valence-corrected chi connectivity index (χ2v) is 11.6. The van der Waals surface area contributed by atoms with E-state index in [0.717, 1.165) is 30.6 Å². The number of aliphatic imine (C=N–C) groups is 1. The van der Waals surface area contributed by atoms with E-state index in [1.54, 1.807) is 30.3 Å². The van der Waals surface area contributed by atoms with E-state index in [1.807, 2.05) is 17.9 Å². The summed E-state index contributed by atoms with van der Waals surface area (Å²) in [5, 5.41) is 10.2. The van der Waals surface area contributed by atoms with Crippen molar-refractivity contribution in [2.45, 2.75) is 38.8 Å². The number of phenols is 1. The van der Waals surface area contributed by atoms with Crippen molar-refractivity contribution in [3.63, 3.8) is 0 Å². The number of hydrogen-bond acceptors (Lipinski definition) is 5. The number of phenolic OH excluding ortho intramolecular Hbond substituents is 1. The van der Waals surface area contributed by atoms with Crippen LogP contribution in [0, 0.1) is 24.6 Å². The maximum Gasteiger partial charge on any atom is 0.321 e. The molecule has 222 valence electrons. The lowest BCUT2D eigenvalue weighted by molar-refractivity contribution is -0.132. The third-order valence-corrected chi connectivity index (χ3v) is 8.79. The third kappa shape index (κ3) is 5.45. The summed E-state index contributed by atoms with van der Waals surface area (Å²) in [6.07, 6.45) is 2.79. The highest BCUT2D eigenvalue weighted by Gasteiger charge is 2.41. The molecule has 0 spiro atoms. The van der Waals surface area contributed by atoms with Crippen molar-refractivity contribution in [2.24, 2.45) is 22.6 Å². The lowest BCUT2D eigenvalue weighted by Gasteiger charge is -2.32. The highest BCUT2D eigenvalue weighted by atomic mass is 19.1. The van der Waals surface area contributed by atoms with Crippen molar-refractivity contribution in [2.75, 3.05) is 29.4 Å². The number of para-hydroxylation sites is 1. The smallest absolute Gasteiger partial charge is 0.321 e. The number of halogens is 1. The number of carbonyl (C=O) groups excluding carboxylic acids is 3. The van der Waals surface area contributed by atoms with Crippen molar-refractivity contribution in [1.82, 2.24) is 4.90 Å². The summed E-state index contributed by atoms with van der Waals surface area (Å²) >= 11 is 0. The maximum atomic E-state index is 15.4. The molecule has 3 aliphatic heterocycles. The first-order valence-electron chi connectivity index (χ1n) is 14.6. The van der Waals surface area contributed by atoms with E-state index in [-0.39, 0.29) is 35.2 Å². The van der Waals surface area contributed by atoms with Gasteiger partial charge in [-0.05, 0) is 74.3 Å². The number of hydrogen-bond donors (Lipinski definition) is 2. The van der Waals surface area contributed by atoms with Gasteiger partial charge in [0.15, 0.2) is 0 Å². The number of fused-ring (bicyclic) bond motifs is 5. The van der Waals surface area contributed by atoms with E-state index >= 15 is 4.39 Å². The Morgan fingerprint density at radius 1 is 0.977 bits per heavy atom. The standard InChI is InChI=1S/C33H34FN5O4/c1-20-6-4-10-26-29(25-9-2-3-11-27(25)34)36-31(39(33(35)43)23-7-5-8-24(40)16-23)32(42)38(30(20)26)19-28(41)37-17-21-12-13-22(18-37)15-14-21/h2-11,16,21-22,31,40H,12-15,17-19H2,1H3,(H2,35,43)/t21?,22?,31-/m1/s1. The summed E-state index contributed by atoms with van der Waals surface area (Å²) in [7, 11) is 0. The molecule has 4 aliphatic rings. The fourth-order valence-corrected chi connectivity index (χ4v) is 6.66. The van der Waals surface area contributed by atoms with Gasteiger partial charge >= 0.3 is 6.03 Å². The van der Waals surface area contributed by atoms with Crippen LogP contribution < -0.4 is 15.5 Å². The first-order chi connectivity index (χ1) is 20.7. The molecule has 0 unspecified atom stereocenters. The Morgan fingerprint density at radius 3 is 2.28 bits per heavy atom. The van der Waals surface area contributed by atoms with Gasteiger partial charge in [0, 0.05) is 30.3 Å². The summed E-state index contributed by atoms with van der Waals surface area (Å²) in [4.78, 5) is 50.4. The van der Waals surface area contributed by atoms with Crippen LogP contribution in [0.4, 0.5) is 20.6 Å². The second-order valence-electron chi connectivity index (χ2n) is 11.6. The SMILES string of the molecule is Cc1cccc2c1N(CC(=O)N1CC3CCC(CC3)C1)C(=O)[C@@H](N(C(N)=O)c1cccc(O)c1)N=C2c1ccccc1F. The van der Waals surface area contributed by atoms with Crippen LogP contribution in [0.5, 0.6) is 5.75 Å². The highest BCUT2D eigenvalue weighted by molar-refractivity contribution is 6.22. The second kappa shape index (κ2) is 11.5. The molecular formula is C33H34FN5O4. The molecule has 3 aromatic carbocycles. The minimum Gasteiger partial charge on any atom is -0.508 e. The first kappa shape index (κ1) is 28.4. The number of anilines is 2. The van der Waals surface area contributed by atoms with Crippen molar-refractivity contribution in [3.05, 3.63) is 89.2 Å². The fraction of sp³-hybridized carbons (Fsp3) is 0.333. The van der Waals surface area contributed by atoms with Crippen molar-refractivity contribution in [1.29, 1.82) is 0 Å². The van der Waals surface area contributed by atoms with E-state index in [0.29, 0.717) is 41.7 Å². The number of aromatic hydroxyl groups is 1. The monoisotopic (exact) mass is 583 g/mol. The summed E-state index contributed by atoms with van der Waals surface area (Å²) in [6.45, 7) is 2.83. The van der Waals surface area contributed by atoms with Crippen LogP contribution in [0.2, 0.25) is 0 Å². The van der Waals surface area contributed by atoms with Gasteiger partial charge in [0.1, 0.15) is 18.1 Å². The van der Waals surface area contributed by atoms with Crippen LogP contribution in [0.25, 0.3) is 0 Å². The van der Waals surface area contributed by atoms with Gasteiger partial charge in [-0.25, -0.2) is 14.2 Å². The largest absolute Gasteiger partial charge is 0.508 e. The lowest BCUT2D eigenvalue weighted by Crippen LogP contribution is -2.54. The molecular weight excluding hydrogens is 549 g/mol. The fourth-order valence-electron chi connectivity index (χ4n) is 6.66. The molecule has 1 aliphatic carbocycles. The van der Waals surface area contributed by atoms with Crippen molar-refractivity contribution in [3.8, 4) is 5.75 Å². The van der Waals surface area contributed by atoms with Crippen molar-refractivity contribution < 1.29 is 23.9 Å². The van der Waals surface area contributed by atoms with Gasteiger partial charge in [-0.3, -0.25) is 19.4 Å². The summed E-state index contributed by atoms with van der Waals surface area (Å²) < 4.78 is 15.4. The molecule has 3 heterocycles. The number of nitrogens with two attached hydrogens (primary N) is 1. The Labute approximate surface area is 249 Å². The Kier molecular flexibility index (Phi) is 7.60. The van der Waals surface area contributed by atoms with Crippen LogP contribution in [-0.2, 0) is 9.59 Å². The number of urea groups is 1. The number of primary amides is 1. The molecule has 7 rings (SSSR count). The third-order valence-electron chi connectivity index (χ3n) is 8.79. The van der Waals surface area contributed by atoms with Gasteiger partial charge in [0.2, 0.25) is 12.1 Å². The van der Waals surface area contributed by atoms with Crippen LogP contribution >= 0.6 is 0 Å². The van der Waals surface area contributed by atoms with Gasteiger partial charge < -0.3 is 15.7 Å². The van der Waals surface area contributed by atoms with Crippen LogP contribution in [-0.4, -0.2) is 59.4 Å². The average molecular weight is 584 g/mol. The number of nitrogens with zero attached hydrogens (tertiary/aromatic N) is 4. The van der Waals surface area contributed by atoms with E-state index in [2.05, 4.69) is 0 Å². The Hall–Kier alpha value is -4.73. The summed E-state index contributed by atoms with van der Waals surface area (Å²) in [5.74, 6) is -0.696. The summed E-state index contributed by atoms with van der Waals surface area (Å²) in [6, 6.07) is 16.1. The summed E-state index contributed by atoms with van der Waals surface area (Å²) in [5.41, 5.74) is 7.80. The van der Waals surface area contributed by atoms with Gasteiger partial charge in [-0.15, -0.1) is 0 Å². The molecule has 10 heteroatoms. The normalized spacial score (nSPS) is 21.5. The number of benzodiazepines with no additional fused rings is 1. The topological polar surface area (TPSA) is 120 Å². The lowest BCUT2D eigenvalue weighted by atomic mass is 9.84. The molecule has 43 heavy (non-hydrogen) atoms. The number of rotatable bonds is 5. The zero-order valence-electron chi connectivity index (χ0n) is 23.9. The maximum absolute atomic E-state index is 15.4. The quantitative estimate of drug-likeness (QED) is 0.457. The molecule has 2 bridgehead atoms. The molecule has 4 amide bonds. The van der Waals surface area contributed by atoms with E-state index in [9.17, 15) is 19.5 Å². The molecule has 1 atom stereocenters. The predicted octanol–water partition coefficient (Wildman–Crippen LogP) is 4.58. The van der Waals surface area contributed by atoms with Crippen LogP contribution in [0.1, 0.15) is 42.4 Å². The molecule has 1 saturated carbocycles. The molecule has 3 aromatic rings.